The Bertz CT molecular complexity index is 1460. The van der Waals surface area contributed by atoms with E-state index in [2.05, 4.69) is 37.6 Å². The van der Waals surface area contributed by atoms with E-state index in [1.165, 1.54) is 10.6 Å². The molecule has 0 aliphatic rings. The van der Waals surface area contributed by atoms with Gasteiger partial charge in [0.1, 0.15) is 17.5 Å². The highest BCUT2D eigenvalue weighted by atomic mass is 16.4. The van der Waals surface area contributed by atoms with Crippen molar-refractivity contribution in [3.05, 3.63) is 69.4 Å². The summed E-state index contributed by atoms with van der Waals surface area (Å²) in [5.74, 6) is 0.623. The summed E-state index contributed by atoms with van der Waals surface area (Å²) in [4.78, 5) is 21.5. The molecule has 0 radical (unpaired) electrons. The van der Waals surface area contributed by atoms with Crippen molar-refractivity contribution in [2.75, 3.05) is 7.05 Å². The van der Waals surface area contributed by atoms with Gasteiger partial charge in [-0.1, -0.05) is 12.1 Å². The van der Waals surface area contributed by atoms with E-state index >= 15 is 0 Å². The minimum Gasteiger partial charge on any atom is -0.415 e. The topological polar surface area (TPSA) is 123 Å². The molecule has 0 spiro atoms. The predicted octanol–water partition coefficient (Wildman–Crippen LogP) is 3.81. The Morgan fingerprint density at radius 1 is 1.12 bits per heavy atom. The quantitative estimate of drug-likeness (QED) is 0.466. The molecule has 0 amide bonds. The molecule has 1 aromatic carbocycles. The molecule has 34 heavy (non-hydrogen) atoms. The van der Waals surface area contributed by atoms with Crippen molar-refractivity contribution in [3.8, 4) is 40.4 Å². The van der Waals surface area contributed by atoms with Gasteiger partial charge in [0.15, 0.2) is 0 Å². The molecule has 9 heteroatoms. The fourth-order valence-electron chi connectivity index (χ4n) is 3.88. The zero-order valence-corrected chi connectivity index (χ0v) is 19.7. The maximum atomic E-state index is 12.3. The largest absolute Gasteiger partial charge is 0.415 e. The van der Waals surface area contributed by atoms with Crippen molar-refractivity contribution >= 4 is 0 Å². The molecule has 0 saturated heterocycles. The Hall–Kier alpha value is -4.16. The van der Waals surface area contributed by atoms with Crippen LogP contribution >= 0.6 is 0 Å². The summed E-state index contributed by atoms with van der Waals surface area (Å²) in [5, 5.41) is 21.4. The smallest absolute Gasteiger partial charge is 0.268 e. The van der Waals surface area contributed by atoms with Crippen LogP contribution in [0, 0.1) is 25.2 Å². The third kappa shape index (κ3) is 4.23. The van der Waals surface area contributed by atoms with Crippen molar-refractivity contribution < 1.29 is 4.42 Å². The first-order chi connectivity index (χ1) is 16.3. The second kappa shape index (κ2) is 9.37. The number of rotatable bonds is 6. The lowest BCUT2D eigenvalue weighted by atomic mass is 10.1. The standard InChI is InChI=1S/C25H25N7O2/c1-14(2)32-21(11-26)19(8-9-22(32)33)20-13-28-16(4)23(29-20)25-31-30-24(34-25)18-7-6-17(12-27-5)10-15(18)3/h6-10,13-14,27H,12H2,1-5H3. The number of benzene rings is 1. The van der Waals surface area contributed by atoms with Crippen LogP contribution in [-0.2, 0) is 6.54 Å². The highest BCUT2D eigenvalue weighted by Crippen LogP contribution is 2.29. The van der Waals surface area contributed by atoms with Gasteiger partial charge in [-0.3, -0.25) is 14.3 Å². The highest BCUT2D eigenvalue weighted by molar-refractivity contribution is 5.68. The van der Waals surface area contributed by atoms with Crippen LogP contribution in [0.3, 0.4) is 0 Å². The Kier molecular flexibility index (Phi) is 6.34. The lowest BCUT2D eigenvalue weighted by molar-refractivity contribution is 0.572. The Balaban J connectivity index is 1.77. The number of nitriles is 1. The van der Waals surface area contributed by atoms with Crippen molar-refractivity contribution in [2.24, 2.45) is 0 Å². The summed E-state index contributed by atoms with van der Waals surface area (Å²) in [6, 6.07) is 11.0. The van der Waals surface area contributed by atoms with Crippen LogP contribution in [0.25, 0.3) is 34.3 Å². The van der Waals surface area contributed by atoms with E-state index in [4.69, 9.17) is 4.42 Å². The molecule has 0 fully saturated rings. The number of pyridine rings is 1. The molecule has 172 valence electrons. The van der Waals surface area contributed by atoms with Crippen molar-refractivity contribution in [1.82, 2.24) is 30.0 Å². The summed E-state index contributed by atoms with van der Waals surface area (Å²) < 4.78 is 7.43. The van der Waals surface area contributed by atoms with Crippen molar-refractivity contribution in [3.63, 3.8) is 0 Å². The molecular weight excluding hydrogens is 430 g/mol. The highest BCUT2D eigenvalue weighted by Gasteiger charge is 2.20. The third-order valence-electron chi connectivity index (χ3n) is 5.51. The first kappa shape index (κ1) is 23.0. The summed E-state index contributed by atoms with van der Waals surface area (Å²) >= 11 is 0. The third-order valence-corrected chi connectivity index (χ3v) is 5.51. The molecule has 1 N–H and O–H groups in total. The molecule has 9 nitrogen and oxygen atoms in total. The predicted molar refractivity (Wildman–Crippen MR) is 128 cm³/mol. The number of hydrogen-bond donors (Lipinski definition) is 1. The van der Waals surface area contributed by atoms with Gasteiger partial charge < -0.3 is 9.73 Å². The molecular formula is C25H25N7O2. The Labute approximate surface area is 197 Å². The minimum atomic E-state index is -0.242. The maximum Gasteiger partial charge on any atom is 0.268 e. The molecule has 4 rings (SSSR count). The molecule has 0 unspecified atom stereocenters. The van der Waals surface area contributed by atoms with Gasteiger partial charge in [-0.2, -0.15) is 5.26 Å². The zero-order valence-electron chi connectivity index (χ0n) is 19.7. The second-order valence-corrected chi connectivity index (χ2v) is 8.29. The van der Waals surface area contributed by atoms with Gasteiger partial charge in [0.05, 0.1) is 17.6 Å². The zero-order chi connectivity index (χ0) is 24.4. The van der Waals surface area contributed by atoms with Crippen LogP contribution in [0.4, 0.5) is 0 Å². The Morgan fingerprint density at radius 3 is 2.53 bits per heavy atom. The fraction of sp³-hybridized carbons (Fsp3) is 0.280. The van der Waals surface area contributed by atoms with E-state index in [9.17, 15) is 10.1 Å². The summed E-state index contributed by atoms with van der Waals surface area (Å²) in [7, 11) is 1.90. The van der Waals surface area contributed by atoms with Crippen molar-refractivity contribution in [2.45, 2.75) is 40.3 Å². The first-order valence-corrected chi connectivity index (χ1v) is 10.9. The molecule has 3 heterocycles. The van der Waals surface area contributed by atoms with E-state index in [0.717, 1.165) is 23.2 Å². The fourth-order valence-corrected chi connectivity index (χ4v) is 3.88. The minimum absolute atomic E-state index is 0.179. The second-order valence-electron chi connectivity index (χ2n) is 8.29. The van der Waals surface area contributed by atoms with Crippen LogP contribution in [0.5, 0.6) is 0 Å². The van der Waals surface area contributed by atoms with Gasteiger partial charge in [0.2, 0.25) is 5.89 Å². The first-order valence-electron chi connectivity index (χ1n) is 10.9. The molecule has 0 bridgehead atoms. The number of hydrogen-bond acceptors (Lipinski definition) is 8. The van der Waals surface area contributed by atoms with Gasteiger partial charge in [-0.05, 0) is 58.0 Å². The van der Waals surface area contributed by atoms with Gasteiger partial charge in [-0.25, -0.2) is 4.98 Å². The summed E-state index contributed by atoms with van der Waals surface area (Å²) in [5.41, 5.74) is 5.00. The van der Waals surface area contributed by atoms with Crippen LogP contribution in [0.15, 0.2) is 45.7 Å². The summed E-state index contributed by atoms with van der Waals surface area (Å²) in [6.07, 6.45) is 1.58. The Morgan fingerprint density at radius 2 is 1.85 bits per heavy atom. The molecule has 0 atom stereocenters. The van der Waals surface area contributed by atoms with Crippen molar-refractivity contribution in [1.29, 1.82) is 5.26 Å². The van der Waals surface area contributed by atoms with E-state index in [1.807, 2.05) is 40.0 Å². The number of nitrogens with one attached hydrogen (secondary N) is 1. The van der Waals surface area contributed by atoms with Crippen LogP contribution < -0.4 is 10.9 Å². The monoisotopic (exact) mass is 455 g/mol. The van der Waals surface area contributed by atoms with Crippen LogP contribution in [0.1, 0.15) is 42.4 Å². The summed E-state index contributed by atoms with van der Waals surface area (Å²) in [6.45, 7) is 8.27. The average Bonchev–Trinajstić information content (AvgIpc) is 3.29. The van der Waals surface area contributed by atoms with Gasteiger partial charge in [0.25, 0.3) is 11.4 Å². The van der Waals surface area contributed by atoms with Gasteiger partial charge >= 0.3 is 0 Å². The van der Waals surface area contributed by atoms with E-state index in [0.29, 0.717) is 28.5 Å². The van der Waals surface area contributed by atoms with E-state index in [-0.39, 0.29) is 23.2 Å². The molecule has 3 aromatic heterocycles. The average molecular weight is 456 g/mol. The molecule has 0 aliphatic heterocycles. The van der Waals surface area contributed by atoms with Gasteiger partial charge in [0, 0.05) is 29.8 Å². The van der Waals surface area contributed by atoms with Crippen LogP contribution in [0.2, 0.25) is 0 Å². The van der Waals surface area contributed by atoms with E-state index in [1.54, 1.807) is 19.2 Å². The lowest BCUT2D eigenvalue weighted by Gasteiger charge is -2.15. The normalized spacial score (nSPS) is 11.1. The number of aromatic nitrogens is 5. The molecule has 4 aromatic rings. The van der Waals surface area contributed by atoms with Gasteiger partial charge in [-0.15, -0.1) is 10.2 Å². The lowest BCUT2D eigenvalue weighted by Crippen LogP contribution is -2.24. The maximum absolute atomic E-state index is 12.3. The number of aryl methyl sites for hydroxylation is 2. The SMILES string of the molecule is CNCc1ccc(-c2nnc(-c3nc(-c4ccc(=O)n(C(C)C)c4C#N)cnc3C)o2)c(C)c1. The molecule has 0 saturated carbocycles. The van der Waals surface area contributed by atoms with Crippen LogP contribution in [-0.4, -0.2) is 31.8 Å². The number of nitrogens with zero attached hydrogens (tertiary/aromatic N) is 6. The molecule has 0 aliphatic carbocycles. The van der Waals surface area contributed by atoms with E-state index < -0.39 is 0 Å².